The van der Waals surface area contributed by atoms with Crippen LogP contribution in [0.2, 0.25) is 0 Å². The zero-order chi connectivity index (χ0) is 54.2. The van der Waals surface area contributed by atoms with E-state index in [1.54, 1.807) is 0 Å². The molecular formula is C67H82N2P8. The summed E-state index contributed by atoms with van der Waals surface area (Å²) in [6.07, 6.45) is 18.0. The van der Waals surface area contributed by atoms with Crippen molar-refractivity contribution in [3.63, 3.8) is 0 Å². The van der Waals surface area contributed by atoms with E-state index in [1.165, 1.54) is 146 Å². The van der Waals surface area contributed by atoms with Gasteiger partial charge in [0.2, 0.25) is 0 Å². The van der Waals surface area contributed by atoms with Gasteiger partial charge in [0.15, 0.2) is 0 Å². The predicted octanol–water partition coefficient (Wildman–Crippen LogP) is 24.6. The zero-order valence-corrected chi connectivity index (χ0v) is 54.5. The number of aryl methyl sites for hydroxylation is 2. The second kappa shape index (κ2) is 30.0. The van der Waals surface area contributed by atoms with E-state index >= 15 is 0 Å². The fourth-order valence-corrected chi connectivity index (χ4v) is 40.0. The highest BCUT2D eigenvalue weighted by Crippen LogP contribution is 3.00. The first-order chi connectivity index (χ1) is 37.5. The van der Waals surface area contributed by atoms with E-state index in [1.807, 2.05) is 0 Å². The van der Waals surface area contributed by atoms with Gasteiger partial charge in [0.25, 0.3) is 0 Å². The molecule has 8 aromatic carbocycles. The molecule has 0 heterocycles. The quantitative estimate of drug-likeness (QED) is 0.0439. The van der Waals surface area contributed by atoms with Crippen molar-refractivity contribution in [1.29, 1.82) is 0 Å². The summed E-state index contributed by atoms with van der Waals surface area (Å²) >= 11 is 0. The Morgan fingerprint density at radius 3 is 0.961 bits per heavy atom. The van der Waals surface area contributed by atoms with Gasteiger partial charge in [0, 0.05) is 39.5 Å². The summed E-state index contributed by atoms with van der Waals surface area (Å²) in [7, 11) is 14.4. The standard InChI is InChI=1S/C67H72N2.H10P8/c1-5-7-9-11-13-21-47-67(48-22-14-12-10-8-6-2)65-49-55(53-31-41-61(42-32-53)68(57-23-17-15-18-24-57)59-37-27-51(3)28-38-59)35-45-63(65)64-46-36-56(50-66(64)67)54-33-43-62(44-34-54)69(58-25-19-16-20-26-58)60-39-29-52(4)30-40-60;1-6(2)8(5)7(3)4/h15-20,23-46,49-50H,5-14,21-22,47-48H2,1-4H3;1-5H2. The molecule has 0 aromatic heterocycles. The molecule has 1 aliphatic carbocycles. The first-order valence-electron chi connectivity index (χ1n) is 28.0. The normalized spacial score (nSPS) is 12.4. The summed E-state index contributed by atoms with van der Waals surface area (Å²) in [6, 6.07) is 72.7. The minimum Gasteiger partial charge on any atom is -0.311 e. The van der Waals surface area contributed by atoms with Crippen LogP contribution >= 0.6 is 65.6 Å². The summed E-state index contributed by atoms with van der Waals surface area (Å²) in [4.78, 5) is 4.73. The molecule has 1 aliphatic rings. The molecule has 0 spiro atoms. The molecule has 0 saturated carbocycles. The second-order valence-corrected chi connectivity index (χ2v) is 48.9. The maximum atomic E-state index is 2.93. The summed E-state index contributed by atoms with van der Waals surface area (Å²) in [5.41, 5.74) is 20.5. The molecule has 5 atom stereocenters. The van der Waals surface area contributed by atoms with Crippen molar-refractivity contribution < 1.29 is 0 Å². The van der Waals surface area contributed by atoms with Crippen LogP contribution in [0.15, 0.2) is 194 Å². The Labute approximate surface area is 479 Å². The van der Waals surface area contributed by atoms with Crippen LogP contribution in [0.3, 0.4) is 0 Å². The van der Waals surface area contributed by atoms with E-state index in [0.29, 0.717) is 0 Å². The SMILES string of the molecule is CCCCCCCCC1(CCCCCCCC)c2cc(-c3ccc(N(c4ccccc4)c4ccc(C)cc4)cc3)ccc2-c2ccc(-c3ccc(N(c4ccccc4)c4ccc(C)cc4)cc3)cc21.PP(P)P(P)P(P)P. The van der Waals surface area contributed by atoms with Gasteiger partial charge < -0.3 is 9.80 Å². The van der Waals surface area contributed by atoms with Gasteiger partial charge in [0.1, 0.15) is 0 Å². The second-order valence-electron chi connectivity index (χ2n) is 20.8. The third kappa shape index (κ3) is 15.6. The molecule has 8 aromatic rings. The highest BCUT2D eigenvalue weighted by atomic mass is 33.1. The number of nitrogens with zero attached hydrogens (tertiary/aromatic N) is 2. The van der Waals surface area contributed by atoms with Crippen LogP contribution in [-0.4, -0.2) is 0 Å². The molecule has 0 saturated heterocycles. The average Bonchev–Trinajstić information content (AvgIpc) is 3.76. The van der Waals surface area contributed by atoms with Gasteiger partial charge in [-0.15, -0.1) is 44.6 Å². The Bertz CT molecular complexity index is 2830. The van der Waals surface area contributed by atoms with Crippen molar-refractivity contribution in [2.24, 2.45) is 0 Å². The first kappa shape index (κ1) is 59.9. The fraction of sp³-hybridized carbons (Fsp3) is 0.284. The molecule has 0 fully saturated rings. The number of para-hydroxylation sites is 2. The third-order valence-electron chi connectivity index (χ3n) is 15.3. The van der Waals surface area contributed by atoms with E-state index in [9.17, 15) is 0 Å². The number of fused-ring (bicyclic) bond motifs is 3. The monoisotopic (exact) mass is 1160 g/mol. The summed E-state index contributed by atoms with van der Waals surface area (Å²) < 4.78 is 0. The molecule has 0 N–H and O–H groups in total. The van der Waals surface area contributed by atoms with Crippen molar-refractivity contribution in [1.82, 2.24) is 0 Å². The lowest BCUT2D eigenvalue weighted by molar-refractivity contribution is 0.398. The lowest BCUT2D eigenvalue weighted by atomic mass is 9.70. The summed E-state index contributed by atoms with van der Waals surface area (Å²) in [6.45, 7) is 9.45. The maximum Gasteiger partial charge on any atom is 0.0462 e. The van der Waals surface area contributed by atoms with Gasteiger partial charge in [-0.3, -0.25) is 0 Å². The van der Waals surface area contributed by atoms with Gasteiger partial charge in [-0.05, 0) is 177 Å². The number of benzene rings is 8. The van der Waals surface area contributed by atoms with Crippen LogP contribution in [0.5, 0.6) is 0 Å². The van der Waals surface area contributed by atoms with Crippen molar-refractivity contribution >= 4 is 99.7 Å². The topological polar surface area (TPSA) is 6.48 Å². The van der Waals surface area contributed by atoms with E-state index in [-0.39, 0.29) is 26.4 Å². The highest BCUT2D eigenvalue weighted by Gasteiger charge is 2.42. The number of hydrogen-bond donors (Lipinski definition) is 0. The van der Waals surface area contributed by atoms with Crippen LogP contribution < -0.4 is 9.80 Å². The molecule has 0 bridgehead atoms. The molecular weight excluding hydrogens is 1080 g/mol. The van der Waals surface area contributed by atoms with Crippen molar-refractivity contribution in [3.8, 4) is 33.4 Å². The molecule has 2 nitrogen and oxygen atoms in total. The van der Waals surface area contributed by atoms with Crippen LogP contribution in [0, 0.1) is 13.8 Å². The van der Waals surface area contributed by atoms with E-state index in [4.69, 9.17) is 0 Å². The third-order valence-corrected chi connectivity index (χ3v) is 53.1. The minimum absolute atomic E-state index is 0.0445. The molecule has 77 heavy (non-hydrogen) atoms. The average molecular weight is 1160 g/mol. The summed E-state index contributed by atoms with van der Waals surface area (Å²) in [5, 5.41) is 0. The molecule has 0 amide bonds. The number of anilines is 6. The lowest BCUT2D eigenvalue weighted by Gasteiger charge is -2.33. The lowest BCUT2D eigenvalue weighted by Crippen LogP contribution is -2.25. The van der Waals surface area contributed by atoms with Crippen LogP contribution in [0.1, 0.15) is 126 Å². The van der Waals surface area contributed by atoms with E-state index in [2.05, 4.69) is 276 Å². The van der Waals surface area contributed by atoms with E-state index < -0.39 is 0 Å². The largest absolute Gasteiger partial charge is 0.311 e. The van der Waals surface area contributed by atoms with Crippen molar-refractivity contribution in [3.05, 3.63) is 216 Å². The predicted molar refractivity (Wildman–Crippen MR) is 368 cm³/mol. The van der Waals surface area contributed by atoms with Gasteiger partial charge in [-0.1, -0.05) is 211 Å². The minimum atomic E-state index is -0.0445. The van der Waals surface area contributed by atoms with Crippen molar-refractivity contribution in [2.75, 3.05) is 9.80 Å². The van der Waals surface area contributed by atoms with E-state index in [0.717, 1.165) is 34.1 Å². The molecule has 10 heteroatoms. The molecule has 5 unspecified atom stereocenters. The van der Waals surface area contributed by atoms with Crippen LogP contribution in [0.4, 0.5) is 34.1 Å². The maximum absolute atomic E-state index is 2.93. The van der Waals surface area contributed by atoms with Crippen LogP contribution in [-0.2, 0) is 5.41 Å². The van der Waals surface area contributed by atoms with Gasteiger partial charge in [0.05, 0.1) is 0 Å². The Morgan fingerprint density at radius 2 is 0.636 bits per heavy atom. The molecule has 9 rings (SSSR count). The number of unbranched alkanes of at least 4 members (excludes halogenated alkanes) is 10. The fourth-order valence-electron chi connectivity index (χ4n) is 11.1. The first-order valence-corrected chi connectivity index (χ1v) is 41.5. The summed E-state index contributed by atoms with van der Waals surface area (Å²) in [5.74, 6) is 0. The Hall–Kier alpha value is -3.20. The molecule has 400 valence electrons. The van der Waals surface area contributed by atoms with Crippen LogP contribution in [0.25, 0.3) is 33.4 Å². The van der Waals surface area contributed by atoms with Gasteiger partial charge in [-0.25, -0.2) is 0 Å². The van der Waals surface area contributed by atoms with Gasteiger partial charge >= 0.3 is 0 Å². The zero-order valence-electron chi connectivity index (χ0n) is 46.0. The molecule has 0 aliphatic heterocycles. The smallest absolute Gasteiger partial charge is 0.0462 e. The Kier molecular flexibility index (Phi) is 23.4. The number of hydrogen-bond acceptors (Lipinski definition) is 2. The Morgan fingerprint density at radius 1 is 0.338 bits per heavy atom. The molecule has 0 radical (unpaired) electrons. The van der Waals surface area contributed by atoms with Crippen molar-refractivity contribution in [2.45, 2.75) is 123 Å². The Balaban J connectivity index is 0.000000908. The highest BCUT2D eigenvalue weighted by molar-refractivity contribution is 9.06. The van der Waals surface area contributed by atoms with Gasteiger partial charge in [-0.2, -0.15) is 0 Å². The number of rotatable bonds is 24.